The summed E-state index contributed by atoms with van der Waals surface area (Å²) in [5.74, 6) is 5.40. The summed E-state index contributed by atoms with van der Waals surface area (Å²) in [7, 11) is 0. The van der Waals surface area contributed by atoms with Gasteiger partial charge in [0.1, 0.15) is 5.82 Å². The van der Waals surface area contributed by atoms with E-state index in [-0.39, 0.29) is 5.91 Å². The van der Waals surface area contributed by atoms with Crippen molar-refractivity contribution in [1.82, 2.24) is 10.4 Å². The first-order valence-electron chi connectivity index (χ1n) is 5.54. The Labute approximate surface area is 105 Å². The highest BCUT2D eigenvalue weighted by Gasteiger charge is 2.03. The number of hydrazine groups is 1. The normalized spacial score (nSPS) is 9.83. The maximum Gasteiger partial charge on any atom is 0.266 e. The lowest BCUT2D eigenvalue weighted by Gasteiger charge is -2.06. The third-order valence-electron chi connectivity index (χ3n) is 2.47. The molecule has 0 aliphatic carbocycles. The third-order valence-corrected chi connectivity index (χ3v) is 2.47. The van der Waals surface area contributed by atoms with Crippen LogP contribution in [0.4, 0.5) is 5.82 Å². The van der Waals surface area contributed by atoms with Gasteiger partial charge in [-0.25, -0.2) is 10.8 Å². The maximum atomic E-state index is 11.2. The van der Waals surface area contributed by atoms with Crippen LogP contribution < -0.4 is 16.6 Å². The van der Waals surface area contributed by atoms with Gasteiger partial charge in [-0.2, -0.15) is 0 Å². The van der Waals surface area contributed by atoms with Crippen LogP contribution in [0.15, 0.2) is 48.7 Å². The molecule has 4 N–H and O–H groups in total. The standard InChI is InChI=1S/C13H14N4O/c14-17-13(18)11-6-7-12(16-9-11)15-8-10-4-2-1-3-5-10/h1-7,9H,8,14H2,(H,15,16)(H,17,18). The van der Waals surface area contributed by atoms with Crippen LogP contribution >= 0.6 is 0 Å². The predicted octanol–water partition coefficient (Wildman–Crippen LogP) is 1.30. The molecule has 1 aromatic carbocycles. The molecule has 1 amide bonds. The number of amides is 1. The van der Waals surface area contributed by atoms with Crippen molar-refractivity contribution >= 4 is 11.7 Å². The highest BCUT2D eigenvalue weighted by molar-refractivity contribution is 5.93. The van der Waals surface area contributed by atoms with E-state index in [4.69, 9.17) is 5.84 Å². The summed E-state index contributed by atoms with van der Waals surface area (Å²) in [4.78, 5) is 15.3. The zero-order valence-electron chi connectivity index (χ0n) is 9.76. The molecule has 0 fully saturated rings. The molecule has 0 aliphatic heterocycles. The van der Waals surface area contributed by atoms with E-state index in [1.807, 2.05) is 30.3 Å². The quantitative estimate of drug-likeness (QED) is 0.429. The smallest absolute Gasteiger partial charge is 0.266 e. The van der Waals surface area contributed by atoms with Gasteiger partial charge in [0, 0.05) is 12.7 Å². The summed E-state index contributed by atoms with van der Waals surface area (Å²) in [6, 6.07) is 13.4. The van der Waals surface area contributed by atoms with Gasteiger partial charge >= 0.3 is 0 Å². The molecule has 0 aliphatic rings. The molecule has 92 valence electrons. The number of nitrogens with two attached hydrogens (primary N) is 1. The molecule has 2 aromatic rings. The molecule has 1 aromatic heterocycles. The Morgan fingerprint density at radius 3 is 2.56 bits per heavy atom. The third kappa shape index (κ3) is 3.05. The molecule has 0 saturated heterocycles. The molecule has 0 saturated carbocycles. The van der Waals surface area contributed by atoms with Crippen molar-refractivity contribution in [1.29, 1.82) is 0 Å². The van der Waals surface area contributed by atoms with Gasteiger partial charge in [0.2, 0.25) is 0 Å². The minimum atomic E-state index is -0.350. The van der Waals surface area contributed by atoms with Gasteiger partial charge in [0.25, 0.3) is 5.91 Å². The largest absolute Gasteiger partial charge is 0.366 e. The van der Waals surface area contributed by atoms with Crippen LogP contribution in [0.3, 0.4) is 0 Å². The van der Waals surface area contributed by atoms with Gasteiger partial charge in [-0.3, -0.25) is 10.2 Å². The molecule has 5 nitrogen and oxygen atoms in total. The Kier molecular flexibility index (Phi) is 3.88. The van der Waals surface area contributed by atoms with Crippen LogP contribution in [-0.2, 0) is 6.54 Å². The number of hydrogen-bond acceptors (Lipinski definition) is 4. The first-order valence-corrected chi connectivity index (χ1v) is 5.54. The fourth-order valence-electron chi connectivity index (χ4n) is 1.50. The average Bonchev–Trinajstić information content (AvgIpc) is 2.46. The minimum Gasteiger partial charge on any atom is -0.366 e. The van der Waals surface area contributed by atoms with E-state index in [2.05, 4.69) is 15.7 Å². The fourth-order valence-corrected chi connectivity index (χ4v) is 1.50. The maximum absolute atomic E-state index is 11.2. The second-order valence-corrected chi connectivity index (χ2v) is 3.74. The zero-order chi connectivity index (χ0) is 12.8. The van der Waals surface area contributed by atoms with E-state index in [1.54, 1.807) is 12.1 Å². The van der Waals surface area contributed by atoms with Crippen LogP contribution in [0.1, 0.15) is 15.9 Å². The molecule has 5 heteroatoms. The number of nitrogens with one attached hydrogen (secondary N) is 2. The molecule has 0 atom stereocenters. The van der Waals surface area contributed by atoms with Crippen molar-refractivity contribution < 1.29 is 4.79 Å². The topological polar surface area (TPSA) is 80.0 Å². The predicted molar refractivity (Wildman–Crippen MR) is 69.7 cm³/mol. The average molecular weight is 242 g/mol. The van der Waals surface area contributed by atoms with Crippen LogP contribution in [0, 0.1) is 0 Å². The second kappa shape index (κ2) is 5.79. The first-order chi connectivity index (χ1) is 8.79. The second-order valence-electron chi connectivity index (χ2n) is 3.74. The highest BCUT2D eigenvalue weighted by Crippen LogP contribution is 2.07. The molecule has 0 bridgehead atoms. The molecule has 0 unspecified atom stereocenters. The number of nitrogen functional groups attached to an aromatic ring is 1. The van der Waals surface area contributed by atoms with E-state index in [1.165, 1.54) is 11.8 Å². The van der Waals surface area contributed by atoms with Crippen molar-refractivity contribution in [2.45, 2.75) is 6.54 Å². The first kappa shape index (κ1) is 12.1. The molecular formula is C13H14N4O. The lowest BCUT2D eigenvalue weighted by molar-refractivity contribution is 0.0953. The van der Waals surface area contributed by atoms with Crippen LogP contribution in [0.25, 0.3) is 0 Å². The number of nitrogens with zero attached hydrogens (tertiary/aromatic N) is 1. The Morgan fingerprint density at radius 1 is 1.17 bits per heavy atom. The van der Waals surface area contributed by atoms with Crippen molar-refractivity contribution in [3.8, 4) is 0 Å². The number of hydrogen-bond donors (Lipinski definition) is 3. The van der Waals surface area contributed by atoms with Gasteiger partial charge in [-0.1, -0.05) is 30.3 Å². The van der Waals surface area contributed by atoms with Crippen molar-refractivity contribution in [2.75, 3.05) is 5.32 Å². The summed E-state index contributed by atoms with van der Waals surface area (Å²) in [6.45, 7) is 0.691. The number of rotatable bonds is 4. The van der Waals surface area contributed by atoms with E-state index >= 15 is 0 Å². The van der Waals surface area contributed by atoms with Gasteiger partial charge in [-0.05, 0) is 17.7 Å². The summed E-state index contributed by atoms with van der Waals surface area (Å²) in [5.41, 5.74) is 3.66. The minimum absolute atomic E-state index is 0.350. The number of carbonyl (C=O) groups excluding carboxylic acids is 1. The Bertz CT molecular complexity index is 510. The Morgan fingerprint density at radius 2 is 1.94 bits per heavy atom. The van der Waals surface area contributed by atoms with Crippen molar-refractivity contribution in [2.24, 2.45) is 5.84 Å². The van der Waals surface area contributed by atoms with E-state index in [9.17, 15) is 4.79 Å². The highest BCUT2D eigenvalue weighted by atomic mass is 16.2. The number of aromatic nitrogens is 1. The van der Waals surface area contributed by atoms with E-state index < -0.39 is 0 Å². The van der Waals surface area contributed by atoms with Crippen LogP contribution in [0.2, 0.25) is 0 Å². The van der Waals surface area contributed by atoms with Gasteiger partial charge in [-0.15, -0.1) is 0 Å². The molecule has 18 heavy (non-hydrogen) atoms. The number of anilines is 1. The van der Waals surface area contributed by atoms with Gasteiger partial charge in [0.15, 0.2) is 0 Å². The number of benzene rings is 1. The number of carbonyl (C=O) groups is 1. The summed E-state index contributed by atoms with van der Waals surface area (Å²) in [5, 5.41) is 3.17. The summed E-state index contributed by atoms with van der Waals surface area (Å²) >= 11 is 0. The van der Waals surface area contributed by atoms with Gasteiger partial charge in [0.05, 0.1) is 5.56 Å². The van der Waals surface area contributed by atoms with Crippen LogP contribution in [-0.4, -0.2) is 10.9 Å². The molecule has 0 spiro atoms. The lowest BCUT2D eigenvalue weighted by atomic mass is 10.2. The SMILES string of the molecule is NNC(=O)c1ccc(NCc2ccccc2)nc1. The van der Waals surface area contributed by atoms with Crippen molar-refractivity contribution in [3.63, 3.8) is 0 Å². The molecule has 1 heterocycles. The number of pyridine rings is 1. The van der Waals surface area contributed by atoms with Crippen LogP contribution in [0.5, 0.6) is 0 Å². The van der Waals surface area contributed by atoms with Crippen molar-refractivity contribution in [3.05, 3.63) is 59.8 Å². The summed E-state index contributed by atoms with van der Waals surface area (Å²) < 4.78 is 0. The zero-order valence-corrected chi connectivity index (χ0v) is 9.76. The fraction of sp³-hybridized carbons (Fsp3) is 0.0769. The molecular weight excluding hydrogens is 228 g/mol. The molecule has 0 radical (unpaired) electrons. The lowest BCUT2D eigenvalue weighted by Crippen LogP contribution is -2.30. The van der Waals surface area contributed by atoms with E-state index in [0.29, 0.717) is 17.9 Å². The monoisotopic (exact) mass is 242 g/mol. The molecule has 2 rings (SSSR count). The van der Waals surface area contributed by atoms with E-state index in [0.717, 1.165) is 0 Å². The van der Waals surface area contributed by atoms with Gasteiger partial charge < -0.3 is 5.32 Å². The Balaban J connectivity index is 1.97. The Hall–Kier alpha value is -2.40. The summed E-state index contributed by atoms with van der Waals surface area (Å²) in [6.07, 6.45) is 1.48.